The van der Waals surface area contributed by atoms with Gasteiger partial charge in [0.2, 0.25) is 5.91 Å². The van der Waals surface area contributed by atoms with Crippen LogP contribution in [0.15, 0.2) is 0 Å². The van der Waals surface area contributed by atoms with Crippen LogP contribution in [0.5, 0.6) is 0 Å². The first-order chi connectivity index (χ1) is 8.29. The predicted molar refractivity (Wildman–Crippen MR) is 66.8 cm³/mol. The number of nitrogens with one attached hydrogen (secondary N) is 1. The molecule has 0 aromatic heterocycles. The molecule has 0 aromatic rings. The number of carbonyl (C=O) groups excluding carboxylic acids is 1. The van der Waals surface area contributed by atoms with Gasteiger partial charge in [0.05, 0.1) is 13.2 Å². The van der Waals surface area contributed by atoms with E-state index in [4.69, 9.17) is 4.74 Å². The number of hydrogen-bond donors (Lipinski definition) is 1. The Labute approximate surface area is 104 Å². The van der Waals surface area contributed by atoms with Crippen molar-refractivity contribution < 1.29 is 9.53 Å². The van der Waals surface area contributed by atoms with Gasteiger partial charge in [-0.1, -0.05) is 0 Å². The van der Waals surface area contributed by atoms with Crippen LogP contribution in [-0.4, -0.2) is 50.2 Å². The molecule has 4 heteroatoms. The molecule has 1 aliphatic carbocycles. The molecule has 1 atom stereocenters. The molecule has 98 valence electrons. The van der Waals surface area contributed by atoms with Crippen molar-refractivity contribution in [2.45, 2.75) is 26.2 Å². The molecule has 1 unspecified atom stereocenters. The number of rotatable bonds is 7. The van der Waals surface area contributed by atoms with E-state index >= 15 is 0 Å². The quantitative estimate of drug-likeness (QED) is 0.718. The number of nitrogens with zero attached hydrogens (tertiary/aromatic N) is 1. The molecule has 2 aliphatic rings. The Kier molecular flexibility index (Phi) is 4.80. The highest BCUT2D eigenvalue weighted by atomic mass is 16.5. The fourth-order valence-electron chi connectivity index (χ4n) is 2.30. The van der Waals surface area contributed by atoms with Crippen LogP contribution in [0.3, 0.4) is 0 Å². The number of hydrogen-bond acceptors (Lipinski definition) is 3. The third-order valence-corrected chi connectivity index (χ3v) is 3.60. The molecular weight excluding hydrogens is 216 g/mol. The van der Waals surface area contributed by atoms with E-state index in [0.717, 1.165) is 45.2 Å². The number of likely N-dealkylation sites (tertiary alicyclic amines) is 1. The first-order valence-corrected chi connectivity index (χ1v) is 6.85. The summed E-state index contributed by atoms with van der Waals surface area (Å²) < 4.78 is 5.41. The van der Waals surface area contributed by atoms with E-state index < -0.39 is 0 Å². The fraction of sp³-hybridized carbons (Fsp3) is 0.923. The van der Waals surface area contributed by atoms with Gasteiger partial charge in [0.1, 0.15) is 0 Å². The number of amides is 1. The number of carbonyl (C=O) groups is 1. The van der Waals surface area contributed by atoms with Crippen LogP contribution in [0.1, 0.15) is 26.2 Å². The zero-order valence-corrected chi connectivity index (χ0v) is 10.8. The van der Waals surface area contributed by atoms with Gasteiger partial charge in [0.25, 0.3) is 0 Å². The molecule has 17 heavy (non-hydrogen) atoms. The average Bonchev–Trinajstić information content (AvgIpc) is 3.03. The summed E-state index contributed by atoms with van der Waals surface area (Å²) in [5.74, 6) is 1.64. The monoisotopic (exact) mass is 240 g/mol. The highest BCUT2D eigenvalue weighted by Gasteiger charge is 2.26. The van der Waals surface area contributed by atoms with E-state index in [0.29, 0.717) is 12.5 Å². The minimum atomic E-state index is 0.254. The average molecular weight is 240 g/mol. The fourth-order valence-corrected chi connectivity index (χ4v) is 2.30. The lowest BCUT2D eigenvalue weighted by atomic mass is 10.1. The first-order valence-electron chi connectivity index (χ1n) is 6.85. The molecule has 0 bridgehead atoms. The largest absolute Gasteiger partial charge is 0.381 e. The Morgan fingerprint density at radius 2 is 2.18 bits per heavy atom. The molecule has 1 heterocycles. The van der Waals surface area contributed by atoms with Gasteiger partial charge in [0.15, 0.2) is 0 Å². The minimum absolute atomic E-state index is 0.254. The smallest absolute Gasteiger partial charge is 0.236 e. The van der Waals surface area contributed by atoms with E-state index in [1.54, 1.807) is 0 Å². The van der Waals surface area contributed by atoms with Crippen molar-refractivity contribution in [2.75, 3.05) is 39.4 Å². The summed E-state index contributed by atoms with van der Waals surface area (Å²) in [6, 6.07) is 0. The molecule has 0 spiro atoms. The molecule has 1 saturated heterocycles. The van der Waals surface area contributed by atoms with E-state index in [1.807, 2.05) is 11.8 Å². The zero-order valence-electron chi connectivity index (χ0n) is 10.8. The summed E-state index contributed by atoms with van der Waals surface area (Å²) in [5, 5.41) is 3.26. The van der Waals surface area contributed by atoms with Gasteiger partial charge in [0, 0.05) is 25.6 Å². The maximum atomic E-state index is 11.9. The number of ether oxygens (including phenoxy) is 1. The standard InChI is InChI=1S/C13H24N2O2/c1-2-17-10-12-5-6-15(9-12)13(16)8-14-7-11-3-4-11/h11-12,14H,2-10H2,1H3. The lowest BCUT2D eigenvalue weighted by Gasteiger charge is -2.17. The Hall–Kier alpha value is -0.610. The maximum absolute atomic E-state index is 11.9. The topological polar surface area (TPSA) is 41.6 Å². The van der Waals surface area contributed by atoms with Crippen LogP contribution < -0.4 is 5.32 Å². The minimum Gasteiger partial charge on any atom is -0.381 e. The second-order valence-electron chi connectivity index (χ2n) is 5.23. The molecule has 0 radical (unpaired) electrons. The van der Waals surface area contributed by atoms with E-state index in [2.05, 4.69) is 5.32 Å². The van der Waals surface area contributed by atoms with E-state index in [-0.39, 0.29) is 5.91 Å². The van der Waals surface area contributed by atoms with Gasteiger partial charge in [-0.3, -0.25) is 4.79 Å². The van der Waals surface area contributed by atoms with Crippen LogP contribution in [0.2, 0.25) is 0 Å². The summed E-state index contributed by atoms with van der Waals surface area (Å²) in [6.07, 6.45) is 3.76. The van der Waals surface area contributed by atoms with Crippen LogP contribution >= 0.6 is 0 Å². The molecule has 2 rings (SSSR count). The molecule has 0 aromatic carbocycles. The molecule has 1 N–H and O–H groups in total. The van der Waals surface area contributed by atoms with Crippen LogP contribution in [-0.2, 0) is 9.53 Å². The zero-order chi connectivity index (χ0) is 12.1. The van der Waals surface area contributed by atoms with Crippen molar-refractivity contribution in [1.29, 1.82) is 0 Å². The highest BCUT2D eigenvalue weighted by molar-refractivity contribution is 5.78. The molecule has 1 aliphatic heterocycles. The van der Waals surface area contributed by atoms with Gasteiger partial charge >= 0.3 is 0 Å². The summed E-state index contributed by atoms with van der Waals surface area (Å²) in [6.45, 7) is 6.90. The van der Waals surface area contributed by atoms with Crippen LogP contribution in [0.25, 0.3) is 0 Å². The third-order valence-electron chi connectivity index (χ3n) is 3.60. The van der Waals surface area contributed by atoms with Crippen LogP contribution in [0.4, 0.5) is 0 Å². The van der Waals surface area contributed by atoms with Crippen molar-refractivity contribution >= 4 is 5.91 Å². The van der Waals surface area contributed by atoms with Gasteiger partial charge < -0.3 is 15.0 Å². The van der Waals surface area contributed by atoms with Gasteiger partial charge in [-0.2, -0.15) is 0 Å². The second kappa shape index (κ2) is 6.36. The predicted octanol–water partition coefficient (Wildman–Crippen LogP) is 0.871. The Morgan fingerprint density at radius 3 is 2.88 bits per heavy atom. The Balaban J connectivity index is 1.59. The maximum Gasteiger partial charge on any atom is 0.236 e. The summed E-state index contributed by atoms with van der Waals surface area (Å²) in [4.78, 5) is 13.9. The highest BCUT2D eigenvalue weighted by Crippen LogP contribution is 2.27. The summed E-state index contributed by atoms with van der Waals surface area (Å²) >= 11 is 0. The van der Waals surface area contributed by atoms with Crippen molar-refractivity contribution in [2.24, 2.45) is 11.8 Å². The molecule has 4 nitrogen and oxygen atoms in total. The van der Waals surface area contributed by atoms with Gasteiger partial charge in [-0.25, -0.2) is 0 Å². The summed E-state index contributed by atoms with van der Waals surface area (Å²) in [7, 11) is 0. The lowest BCUT2D eigenvalue weighted by Crippen LogP contribution is -2.37. The summed E-state index contributed by atoms with van der Waals surface area (Å²) in [5.41, 5.74) is 0. The second-order valence-corrected chi connectivity index (χ2v) is 5.23. The van der Waals surface area contributed by atoms with E-state index in [1.165, 1.54) is 12.8 Å². The van der Waals surface area contributed by atoms with E-state index in [9.17, 15) is 4.79 Å². The van der Waals surface area contributed by atoms with Crippen molar-refractivity contribution in [3.8, 4) is 0 Å². The lowest BCUT2D eigenvalue weighted by molar-refractivity contribution is -0.129. The van der Waals surface area contributed by atoms with Crippen LogP contribution in [0, 0.1) is 11.8 Å². The van der Waals surface area contributed by atoms with Gasteiger partial charge in [-0.05, 0) is 38.6 Å². The Morgan fingerprint density at radius 1 is 1.35 bits per heavy atom. The molecule has 1 amide bonds. The van der Waals surface area contributed by atoms with Crippen molar-refractivity contribution in [3.05, 3.63) is 0 Å². The van der Waals surface area contributed by atoms with Crippen molar-refractivity contribution in [3.63, 3.8) is 0 Å². The molecular formula is C13H24N2O2. The Bertz CT molecular complexity index is 254. The SMILES string of the molecule is CCOCC1CCN(C(=O)CNCC2CC2)C1. The normalized spacial score (nSPS) is 24.3. The molecule has 1 saturated carbocycles. The first kappa shape index (κ1) is 12.8. The van der Waals surface area contributed by atoms with Crippen molar-refractivity contribution in [1.82, 2.24) is 10.2 Å². The van der Waals surface area contributed by atoms with Gasteiger partial charge in [-0.15, -0.1) is 0 Å². The molecule has 2 fully saturated rings. The third kappa shape index (κ3) is 4.28.